The summed E-state index contributed by atoms with van der Waals surface area (Å²) in [6, 6.07) is 3.46. The first-order valence-electron chi connectivity index (χ1n) is 7.96. The Morgan fingerprint density at radius 3 is 2.77 bits per heavy atom. The van der Waals surface area contributed by atoms with E-state index in [0.29, 0.717) is 17.7 Å². The number of aryl methyl sites for hydroxylation is 1. The number of pyridine rings is 1. The molecule has 116 valence electrons. The Morgan fingerprint density at radius 2 is 2.14 bits per heavy atom. The van der Waals surface area contributed by atoms with Gasteiger partial charge in [-0.25, -0.2) is 4.68 Å². The van der Waals surface area contributed by atoms with Gasteiger partial charge < -0.3 is 5.11 Å². The second-order valence-electron chi connectivity index (χ2n) is 5.81. The summed E-state index contributed by atoms with van der Waals surface area (Å²) in [7, 11) is 0. The van der Waals surface area contributed by atoms with Crippen LogP contribution in [0.4, 0.5) is 0 Å². The topological polar surface area (TPSA) is 68.0 Å². The van der Waals surface area contributed by atoms with Crippen LogP contribution in [0.15, 0.2) is 24.5 Å². The summed E-state index contributed by atoms with van der Waals surface area (Å²) in [6.07, 6.45) is 8.80. The lowest BCUT2D eigenvalue weighted by atomic mass is 9.84. The Kier molecular flexibility index (Phi) is 4.22. The van der Waals surface area contributed by atoms with Crippen LogP contribution in [0.25, 0.3) is 0 Å². The second-order valence-corrected chi connectivity index (χ2v) is 5.81. The lowest BCUT2D eigenvalue weighted by molar-refractivity contribution is 0.103. The third kappa shape index (κ3) is 2.63. The average Bonchev–Trinajstić information content (AvgIpc) is 2.92. The summed E-state index contributed by atoms with van der Waals surface area (Å²) < 4.78 is 1.52. The number of carbonyl (C=O) groups excluding carboxylic acids is 1. The number of aromatic hydroxyl groups is 1. The molecule has 0 unspecified atom stereocenters. The maximum atomic E-state index is 12.8. The fourth-order valence-corrected chi connectivity index (χ4v) is 3.21. The molecule has 3 rings (SSSR count). The van der Waals surface area contributed by atoms with Gasteiger partial charge in [-0.05, 0) is 31.9 Å². The predicted molar refractivity (Wildman–Crippen MR) is 83.1 cm³/mol. The minimum absolute atomic E-state index is 0.0167. The van der Waals surface area contributed by atoms with Gasteiger partial charge in [0.2, 0.25) is 11.7 Å². The third-order valence-electron chi connectivity index (χ3n) is 4.39. The average molecular weight is 299 g/mol. The van der Waals surface area contributed by atoms with E-state index in [1.54, 1.807) is 18.3 Å². The van der Waals surface area contributed by atoms with Crippen molar-refractivity contribution in [3.63, 3.8) is 0 Å². The summed E-state index contributed by atoms with van der Waals surface area (Å²) in [5.41, 5.74) is 1.61. The van der Waals surface area contributed by atoms with Gasteiger partial charge in [0, 0.05) is 30.4 Å². The van der Waals surface area contributed by atoms with Crippen molar-refractivity contribution in [2.75, 3.05) is 0 Å². The molecule has 2 heterocycles. The van der Waals surface area contributed by atoms with Gasteiger partial charge in [0.15, 0.2) is 0 Å². The molecule has 0 saturated heterocycles. The summed E-state index contributed by atoms with van der Waals surface area (Å²) >= 11 is 0. The lowest BCUT2D eigenvalue weighted by Crippen LogP contribution is -2.11. The van der Waals surface area contributed by atoms with Crippen molar-refractivity contribution >= 4 is 5.78 Å². The van der Waals surface area contributed by atoms with Gasteiger partial charge in [0.05, 0.1) is 5.69 Å². The van der Waals surface area contributed by atoms with E-state index < -0.39 is 0 Å². The zero-order valence-electron chi connectivity index (χ0n) is 12.8. The van der Waals surface area contributed by atoms with Crippen LogP contribution in [0.3, 0.4) is 0 Å². The molecule has 0 bridgehead atoms. The highest BCUT2D eigenvalue weighted by molar-refractivity contribution is 6.11. The normalized spacial score (nSPS) is 15.9. The van der Waals surface area contributed by atoms with Gasteiger partial charge in [-0.2, -0.15) is 5.10 Å². The fraction of sp³-hybridized carbons (Fsp3) is 0.471. The Labute approximate surface area is 130 Å². The predicted octanol–water partition coefficient (Wildman–Crippen LogP) is 3.28. The second kappa shape index (κ2) is 6.30. The molecule has 1 aliphatic rings. The van der Waals surface area contributed by atoms with Gasteiger partial charge >= 0.3 is 0 Å². The number of aromatic nitrogens is 3. The number of hydrogen-bond donors (Lipinski definition) is 1. The van der Waals surface area contributed by atoms with Crippen LogP contribution >= 0.6 is 0 Å². The number of hydrogen-bond acceptors (Lipinski definition) is 4. The van der Waals surface area contributed by atoms with Gasteiger partial charge in [0.1, 0.15) is 5.56 Å². The molecule has 0 aliphatic heterocycles. The molecule has 22 heavy (non-hydrogen) atoms. The van der Waals surface area contributed by atoms with Crippen LogP contribution in [-0.4, -0.2) is 25.7 Å². The van der Waals surface area contributed by atoms with E-state index in [2.05, 4.69) is 10.1 Å². The molecule has 1 aliphatic carbocycles. The highest BCUT2D eigenvalue weighted by atomic mass is 16.3. The van der Waals surface area contributed by atoms with Crippen molar-refractivity contribution in [3.05, 3.63) is 41.3 Å². The van der Waals surface area contributed by atoms with Crippen molar-refractivity contribution in [1.29, 1.82) is 0 Å². The Balaban J connectivity index is 2.05. The van der Waals surface area contributed by atoms with Gasteiger partial charge in [-0.15, -0.1) is 0 Å². The van der Waals surface area contributed by atoms with E-state index in [-0.39, 0.29) is 17.6 Å². The van der Waals surface area contributed by atoms with Crippen molar-refractivity contribution in [1.82, 2.24) is 14.8 Å². The Morgan fingerprint density at radius 1 is 1.36 bits per heavy atom. The maximum absolute atomic E-state index is 12.8. The van der Waals surface area contributed by atoms with Gasteiger partial charge in [-0.1, -0.05) is 19.3 Å². The van der Waals surface area contributed by atoms with Crippen LogP contribution in [0.2, 0.25) is 0 Å². The zero-order valence-corrected chi connectivity index (χ0v) is 12.8. The summed E-state index contributed by atoms with van der Waals surface area (Å²) in [4.78, 5) is 16.8. The SMILES string of the molecule is CCn1nc(C2CCCCC2)c(C(=O)c2cccnc2)c1O. The first kappa shape index (κ1) is 14.8. The first-order valence-corrected chi connectivity index (χ1v) is 7.96. The molecular weight excluding hydrogens is 278 g/mol. The first-order chi connectivity index (χ1) is 10.7. The van der Waals surface area contributed by atoms with E-state index in [9.17, 15) is 9.90 Å². The largest absolute Gasteiger partial charge is 0.493 e. The summed E-state index contributed by atoms with van der Waals surface area (Å²) in [5.74, 6) is 0.0610. The number of rotatable bonds is 4. The summed E-state index contributed by atoms with van der Waals surface area (Å²) in [5, 5.41) is 15.0. The minimum atomic E-state index is -0.189. The third-order valence-corrected chi connectivity index (χ3v) is 4.39. The van der Waals surface area contributed by atoms with Gasteiger partial charge in [-0.3, -0.25) is 9.78 Å². The smallest absolute Gasteiger partial charge is 0.221 e. The van der Waals surface area contributed by atoms with Crippen LogP contribution in [0.1, 0.15) is 66.6 Å². The highest BCUT2D eigenvalue weighted by Crippen LogP contribution is 2.37. The molecule has 5 heteroatoms. The summed E-state index contributed by atoms with van der Waals surface area (Å²) in [6.45, 7) is 2.46. The van der Waals surface area contributed by atoms with Gasteiger partial charge in [0.25, 0.3) is 0 Å². The molecular formula is C17H21N3O2. The van der Waals surface area contributed by atoms with E-state index in [4.69, 9.17) is 0 Å². The van der Waals surface area contributed by atoms with Crippen molar-refractivity contribution in [2.24, 2.45) is 0 Å². The molecule has 1 fully saturated rings. The molecule has 0 aromatic carbocycles. The van der Waals surface area contributed by atoms with E-state index in [1.165, 1.54) is 17.3 Å². The zero-order chi connectivity index (χ0) is 15.5. The standard InChI is InChI=1S/C17H21N3O2/c1-2-20-17(22)14(16(21)13-9-6-10-18-11-13)15(19-20)12-7-4-3-5-8-12/h6,9-12,22H,2-5,7-8H2,1H3. The van der Waals surface area contributed by atoms with E-state index >= 15 is 0 Å². The van der Waals surface area contributed by atoms with Crippen LogP contribution in [0.5, 0.6) is 5.88 Å². The molecule has 5 nitrogen and oxygen atoms in total. The molecule has 2 aromatic rings. The molecule has 0 atom stereocenters. The lowest BCUT2D eigenvalue weighted by Gasteiger charge is -2.20. The van der Waals surface area contributed by atoms with E-state index in [0.717, 1.165) is 31.4 Å². The molecule has 1 N–H and O–H groups in total. The molecule has 2 aromatic heterocycles. The molecule has 0 spiro atoms. The fourth-order valence-electron chi connectivity index (χ4n) is 3.21. The molecule has 0 radical (unpaired) electrons. The number of carbonyl (C=O) groups is 1. The highest BCUT2D eigenvalue weighted by Gasteiger charge is 2.30. The number of nitrogens with zero attached hydrogens (tertiary/aromatic N) is 3. The number of ketones is 1. The monoisotopic (exact) mass is 299 g/mol. The molecule has 0 amide bonds. The Hall–Kier alpha value is -2.17. The van der Waals surface area contributed by atoms with Crippen molar-refractivity contribution < 1.29 is 9.90 Å². The molecule has 1 saturated carbocycles. The quantitative estimate of drug-likeness (QED) is 0.880. The van der Waals surface area contributed by atoms with Crippen molar-refractivity contribution in [3.8, 4) is 5.88 Å². The van der Waals surface area contributed by atoms with E-state index in [1.807, 2.05) is 6.92 Å². The van der Waals surface area contributed by atoms with Crippen LogP contribution in [-0.2, 0) is 6.54 Å². The van der Waals surface area contributed by atoms with Crippen LogP contribution < -0.4 is 0 Å². The minimum Gasteiger partial charge on any atom is -0.493 e. The van der Waals surface area contributed by atoms with Crippen LogP contribution in [0, 0.1) is 0 Å². The maximum Gasteiger partial charge on any atom is 0.221 e. The van der Waals surface area contributed by atoms with Crippen molar-refractivity contribution in [2.45, 2.75) is 51.5 Å². The Bertz CT molecular complexity index is 658.